The van der Waals surface area contributed by atoms with E-state index in [1.54, 1.807) is 36.4 Å². The minimum atomic E-state index is -0.415. The van der Waals surface area contributed by atoms with Gasteiger partial charge in [0.2, 0.25) is 0 Å². The Bertz CT molecular complexity index is 864. The van der Waals surface area contributed by atoms with Crippen molar-refractivity contribution in [1.29, 1.82) is 0 Å². The molecule has 3 amide bonds. The van der Waals surface area contributed by atoms with Gasteiger partial charge in [0, 0.05) is 12.1 Å². The second kappa shape index (κ2) is 7.82. The van der Waals surface area contributed by atoms with E-state index < -0.39 is 6.03 Å². The minimum absolute atomic E-state index is 0.195. The number of carbonyl (C=O) groups is 2. The lowest BCUT2D eigenvalue weighted by atomic mass is 10.1. The van der Waals surface area contributed by atoms with E-state index in [4.69, 9.17) is 4.74 Å². The van der Waals surface area contributed by atoms with Crippen LogP contribution in [0.3, 0.4) is 0 Å². The summed E-state index contributed by atoms with van der Waals surface area (Å²) in [6.45, 7) is 2.47. The highest BCUT2D eigenvalue weighted by Gasteiger charge is 2.32. The van der Waals surface area contributed by atoms with Gasteiger partial charge in [-0.15, -0.1) is 0 Å². The van der Waals surface area contributed by atoms with Gasteiger partial charge in [0.15, 0.2) is 0 Å². The van der Waals surface area contributed by atoms with Gasteiger partial charge in [-0.3, -0.25) is 9.69 Å². The van der Waals surface area contributed by atoms with Gasteiger partial charge in [-0.05, 0) is 36.3 Å². The molecule has 1 N–H and O–H groups in total. The van der Waals surface area contributed by atoms with Crippen LogP contribution in [-0.2, 0) is 11.4 Å². The predicted molar refractivity (Wildman–Crippen MR) is 95.7 cm³/mol. The van der Waals surface area contributed by atoms with Gasteiger partial charge in [0.1, 0.15) is 23.9 Å². The first-order valence-electron chi connectivity index (χ1n) is 8.39. The highest BCUT2D eigenvalue weighted by molar-refractivity contribution is 6.14. The molecule has 0 spiro atoms. The Labute approximate surface area is 151 Å². The standard InChI is InChI=1S/C20H19FN2O3/c1-2-10-23-19(24)17(22-20(23)25)12-15-7-3-4-9-18(15)26-13-14-6-5-8-16(21)11-14/h3-9,11-12H,2,10,13H2,1H3,(H,22,25)/b17-12+. The summed E-state index contributed by atoms with van der Waals surface area (Å²) in [6.07, 6.45) is 2.29. The molecule has 0 unspecified atom stereocenters. The molecule has 3 rings (SSSR count). The molecule has 2 aromatic rings. The first-order chi connectivity index (χ1) is 12.6. The van der Waals surface area contributed by atoms with Gasteiger partial charge in [-0.2, -0.15) is 0 Å². The lowest BCUT2D eigenvalue weighted by Crippen LogP contribution is -2.31. The average Bonchev–Trinajstić information content (AvgIpc) is 2.89. The van der Waals surface area contributed by atoms with E-state index in [1.165, 1.54) is 17.0 Å². The molecule has 1 aliphatic heterocycles. The maximum atomic E-state index is 13.3. The molecule has 0 bridgehead atoms. The average molecular weight is 354 g/mol. The van der Waals surface area contributed by atoms with Crippen LogP contribution in [0, 0.1) is 5.82 Å². The lowest BCUT2D eigenvalue weighted by molar-refractivity contribution is -0.122. The van der Waals surface area contributed by atoms with Crippen LogP contribution in [0.5, 0.6) is 5.75 Å². The fraction of sp³-hybridized carbons (Fsp3) is 0.200. The molecular formula is C20H19FN2O3. The van der Waals surface area contributed by atoms with Crippen molar-refractivity contribution < 1.29 is 18.7 Å². The molecule has 134 valence electrons. The van der Waals surface area contributed by atoms with Crippen molar-refractivity contribution >= 4 is 18.0 Å². The fourth-order valence-corrected chi connectivity index (χ4v) is 2.67. The number of rotatable bonds is 6. The molecule has 2 aromatic carbocycles. The summed E-state index contributed by atoms with van der Waals surface area (Å²) < 4.78 is 19.1. The van der Waals surface area contributed by atoms with Crippen molar-refractivity contribution in [3.05, 3.63) is 71.2 Å². The van der Waals surface area contributed by atoms with Crippen LogP contribution in [-0.4, -0.2) is 23.4 Å². The Balaban J connectivity index is 1.79. The second-order valence-corrected chi connectivity index (χ2v) is 5.90. The number of carbonyl (C=O) groups excluding carboxylic acids is 2. The van der Waals surface area contributed by atoms with Gasteiger partial charge in [0.25, 0.3) is 5.91 Å². The molecule has 0 aliphatic carbocycles. The number of hydrogen-bond donors (Lipinski definition) is 1. The number of imide groups is 1. The molecule has 1 heterocycles. The first kappa shape index (κ1) is 17.7. The van der Waals surface area contributed by atoms with E-state index in [1.807, 2.05) is 13.0 Å². The van der Waals surface area contributed by atoms with Crippen LogP contribution in [0.15, 0.2) is 54.2 Å². The molecule has 6 heteroatoms. The minimum Gasteiger partial charge on any atom is -0.488 e. The summed E-state index contributed by atoms with van der Waals surface area (Å²) in [4.78, 5) is 25.4. The number of benzene rings is 2. The van der Waals surface area contributed by atoms with Crippen molar-refractivity contribution in [2.45, 2.75) is 20.0 Å². The highest BCUT2D eigenvalue weighted by Crippen LogP contribution is 2.23. The normalized spacial score (nSPS) is 15.5. The molecule has 0 atom stereocenters. The summed E-state index contributed by atoms with van der Waals surface area (Å²) >= 11 is 0. The van der Waals surface area contributed by atoms with Gasteiger partial charge in [0.05, 0.1) is 0 Å². The molecular weight excluding hydrogens is 335 g/mol. The van der Waals surface area contributed by atoms with Crippen molar-refractivity contribution in [2.75, 3.05) is 6.54 Å². The van der Waals surface area contributed by atoms with Crippen molar-refractivity contribution in [3.8, 4) is 5.75 Å². The van der Waals surface area contributed by atoms with E-state index >= 15 is 0 Å². The van der Waals surface area contributed by atoms with Crippen molar-refractivity contribution in [3.63, 3.8) is 0 Å². The zero-order chi connectivity index (χ0) is 18.5. The number of hydrogen-bond acceptors (Lipinski definition) is 3. The van der Waals surface area contributed by atoms with E-state index in [2.05, 4.69) is 5.32 Å². The first-order valence-corrected chi connectivity index (χ1v) is 8.39. The largest absolute Gasteiger partial charge is 0.488 e. The van der Waals surface area contributed by atoms with Crippen molar-refractivity contribution in [1.82, 2.24) is 10.2 Å². The number of nitrogens with zero attached hydrogens (tertiary/aromatic N) is 1. The zero-order valence-corrected chi connectivity index (χ0v) is 14.4. The number of urea groups is 1. The molecule has 26 heavy (non-hydrogen) atoms. The topological polar surface area (TPSA) is 58.6 Å². The van der Waals surface area contributed by atoms with Crippen LogP contribution < -0.4 is 10.1 Å². The molecule has 1 aliphatic rings. The summed E-state index contributed by atoms with van der Waals surface area (Å²) in [7, 11) is 0. The van der Waals surface area contributed by atoms with Crippen LogP contribution in [0.4, 0.5) is 9.18 Å². The third kappa shape index (κ3) is 3.91. The number of ether oxygens (including phenoxy) is 1. The maximum absolute atomic E-state index is 13.3. The van der Waals surface area contributed by atoms with Gasteiger partial charge in [-0.1, -0.05) is 37.3 Å². The maximum Gasteiger partial charge on any atom is 0.329 e. The van der Waals surface area contributed by atoms with E-state index in [0.717, 1.165) is 0 Å². The highest BCUT2D eigenvalue weighted by atomic mass is 19.1. The monoisotopic (exact) mass is 354 g/mol. The van der Waals surface area contributed by atoms with Gasteiger partial charge in [-0.25, -0.2) is 9.18 Å². The quantitative estimate of drug-likeness (QED) is 0.635. The number of para-hydroxylation sites is 1. The van der Waals surface area contributed by atoms with E-state index in [9.17, 15) is 14.0 Å². The predicted octanol–water partition coefficient (Wildman–Crippen LogP) is 3.71. The number of amides is 3. The zero-order valence-electron chi connectivity index (χ0n) is 14.4. The van der Waals surface area contributed by atoms with Crippen molar-refractivity contribution in [2.24, 2.45) is 0 Å². The second-order valence-electron chi connectivity index (χ2n) is 5.90. The molecule has 0 saturated carbocycles. The van der Waals surface area contributed by atoms with Gasteiger partial charge >= 0.3 is 6.03 Å². The SMILES string of the molecule is CCCN1C(=O)N/C(=C/c2ccccc2OCc2cccc(F)c2)C1=O. The Morgan fingerprint density at radius 2 is 1.96 bits per heavy atom. The summed E-state index contributed by atoms with van der Waals surface area (Å²) in [6, 6.07) is 12.9. The van der Waals surface area contributed by atoms with Crippen LogP contribution in [0.1, 0.15) is 24.5 Å². The third-order valence-corrected chi connectivity index (χ3v) is 3.91. The lowest BCUT2D eigenvalue weighted by Gasteiger charge is -2.10. The van der Waals surface area contributed by atoms with E-state index in [-0.39, 0.29) is 24.0 Å². The Kier molecular flexibility index (Phi) is 5.31. The summed E-state index contributed by atoms with van der Waals surface area (Å²) in [5, 5.41) is 2.59. The number of halogens is 1. The molecule has 0 radical (unpaired) electrons. The van der Waals surface area contributed by atoms with Crippen LogP contribution in [0.2, 0.25) is 0 Å². The Morgan fingerprint density at radius 1 is 1.15 bits per heavy atom. The smallest absolute Gasteiger partial charge is 0.329 e. The Hall–Kier alpha value is -3.15. The van der Waals surface area contributed by atoms with Crippen LogP contribution >= 0.6 is 0 Å². The fourth-order valence-electron chi connectivity index (χ4n) is 2.67. The summed E-state index contributed by atoms with van der Waals surface area (Å²) in [5.41, 5.74) is 1.57. The molecule has 0 aromatic heterocycles. The third-order valence-electron chi connectivity index (χ3n) is 3.91. The number of nitrogens with one attached hydrogen (secondary N) is 1. The molecule has 1 fully saturated rings. The Morgan fingerprint density at radius 3 is 2.73 bits per heavy atom. The van der Waals surface area contributed by atoms with Gasteiger partial charge < -0.3 is 10.1 Å². The molecule has 1 saturated heterocycles. The molecule has 5 nitrogen and oxygen atoms in total. The van der Waals surface area contributed by atoms with Crippen LogP contribution in [0.25, 0.3) is 6.08 Å². The van der Waals surface area contributed by atoms with E-state index in [0.29, 0.717) is 29.8 Å². The summed E-state index contributed by atoms with van der Waals surface area (Å²) in [5.74, 6) is -0.131.